The predicted octanol–water partition coefficient (Wildman–Crippen LogP) is 5.08. The molecule has 2 aromatic carbocycles. The van der Waals surface area contributed by atoms with Gasteiger partial charge in [0.15, 0.2) is 16.8 Å². The number of ether oxygens (including phenoxy) is 1. The molecule has 168 valence electrons. The lowest BCUT2D eigenvalue weighted by atomic mass is 10.1. The topological polar surface area (TPSA) is 86.1 Å². The van der Waals surface area contributed by atoms with Gasteiger partial charge in [0.05, 0.1) is 5.75 Å². The van der Waals surface area contributed by atoms with Crippen molar-refractivity contribution in [3.63, 3.8) is 0 Å². The van der Waals surface area contributed by atoms with Gasteiger partial charge in [0.25, 0.3) is 0 Å². The molecule has 0 aliphatic heterocycles. The molecule has 3 rings (SSSR count). The van der Waals surface area contributed by atoms with Crippen LogP contribution in [0.25, 0.3) is 0 Å². The minimum absolute atomic E-state index is 0.0507. The third-order valence-corrected chi connectivity index (χ3v) is 6.34. The molecule has 0 radical (unpaired) electrons. The number of benzene rings is 2. The predicted molar refractivity (Wildman–Crippen MR) is 127 cm³/mol. The van der Waals surface area contributed by atoms with E-state index in [0.29, 0.717) is 28.8 Å². The Morgan fingerprint density at radius 1 is 1.16 bits per heavy atom. The molecule has 0 spiro atoms. The van der Waals surface area contributed by atoms with E-state index in [-0.39, 0.29) is 24.1 Å². The van der Waals surface area contributed by atoms with Crippen LogP contribution in [0.1, 0.15) is 41.2 Å². The van der Waals surface area contributed by atoms with Crippen LogP contribution in [0.4, 0.5) is 5.69 Å². The minimum Gasteiger partial charge on any atom is -0.486 e. The highest BCUT2D eigenvalue weighted by atomic mass is 35.5. The van der Waals surface area contributed by atoms with Crippen molar-refractivity contribution in [3.05, 3.63) is 63.9 Å². The zero-order valence-corrected chi connectivity index (χ0v) is 20.0. The Bertz CT molecular complexity index is 1120. The lowest BCUT2D eigenvalue weighted by Crippen LogP contribution is -2.15. The average molecular weight is 473 g/mol. The van der Waals surface area contributed by atoms with Gasteiger partial charge < -0.3 is 14.6 Å². The summed E-state index contributed by atoms with van der Waals surface area (Å²) in [5.74, 6) is 1.32. The van der Waals surface area contributed by atoms with E-state index in [4.69, 9.17) is 16.3 Å². The van der Waals surface area contributed by atoms with Gasteiger partial charge in [-0.1, -0.05) is 35.5 Å². The van der Waals surface area contributed by atoms with Crippen LogP contribution >= 0.6 is 23.4 Å². The number of hydrogen-bond acceptors (Lipinski definition) is 6. The Morgan fingerprint density at radius 3 is 2.53 bits per heavy atom. The first-order valence-corrected chi connectivity index (χ1v) is 11.5. The first-order valence-electron chi connectivity index (χ1n) is 10.1. The summed E-state index contributed by atoms with van der Waals surface area (Å²) in [6, 6.07) is 10.6. The van der Waals surface area contributed by atoms with E-state index in [1.54, 1.807) is 24.3 Å². The Morgan fingerprint density at radius 2 is 1.88 bits per heavy atom. The third-order valence-electron chi connectivity index (χ3n) is 4.77. The molecule has 32 heavy (non-hydrogen) atoms. The number of nitrogens with zero attached hydrogens (tertiary/aromatic N) is 3. The zero-order valence-electron chi connectivity index (χ0n) is 18.4. The maximum Gasteiger partial charge on any atom is 0.234 e. The van der Waals surface area contributed by atoms with Crippen LogP contribution in [-0.4, -0.2) is 32.2 Å². The number of anilines is 1. The van der Waals surface area contributed by atoms with Crippen molar-refractivity contribution in [2.75, 3.05) is 11.1 Å². The molecule has 0 bridgehead atoms. The standard InChI is InChI=1S/C23H25ClN4O3S/c1-5-28-20(12-31-19-9-14(2)22(24)15(3)10-19)26-27-23(28)32-13-21(30)25-18-8-6-7-17(11-18)16(4)29/h6-11H,5,12-13H2,1-4H3,(H,25,30). The van der Waals surface area contributed by atoms with Gasteiger partial charge in [0, 0.05) is 22.8 Å². The van der Waals surface area contributed by atoms with Crippen molar-refractivity contribution < 1.29 is 14.3 Å². The summed E-state index contributed by atoms with van der Waals surface area (Å²) in [4.78, 5) is 23.9. The molecule has 3 aromatic rings. The smallest absolute Gasteiger partial charge is 0.234 e. The monoisotopic (exact) mass is 472 g/mol. The number of carbonyl (C=O) groups is 2. The summed E-state index contributed by atoms with van der Waals surface area (Å²) in [6.45, 7) is 8.26. The second-order valence-electron chi connectivity index (χ2n) is 7.28. The number of rotatable bonds is 9. The first kappa shape index (κ1) is 23.8. The molecule has 0 aliphatic carbocycles. The van der Waals surface area contributed by atoms with E-state index < -0.39 is 0 Å². The number of aromatic nitrogens is 3. The maximum atomic E-state index is 12.4. The highest BCUT2D eigenvalue weighted by Crippen LogP contribution is 2.26. The molecule has 1 N–H and O–H groups in total. The van der Waals surface area contributed by atoms with Gasteiger partial charge in [-0.05, 0) is 63.1 Å². The molecule has 1 aromatic heterocycles. The van der Waals surface area contributed by atoms with E-state index in [1.165, 1.54) is 18.7 Å². The molecule has 0 atom stereocenters. The molecule has 7 nitrogen and oxygen atoms in total. The van der Waals surface area contributed by atoms with Crippen LogP contribution in [0.5, 0.6) is 5.75 Å². The molecule has 1 amide bonds. The second-order valence-corrected chi connectivity index (χ2v) is 8.60. The summed E-state index contributed by atoms with van der Waals surface area (Å²) < 4.78 is 7.82. The molecule has 1 heterocycles. The van der Waals surface area contributed by atoms with Crippen molar-refractivity contribution in [1.82, 2.24) is 14.8 Å². The fourth-order valence-electron chi connectivity index (χ4n) is 3.13. The number of aryl methyl sites for hydroxylation is 2. The third kappa shape index (κ3) is 5.89. The molecule has 0 aliphatic rings. The molecule has 0 unspecified atom stereocenters. The number of Topliss-reactive ketones (excluding diaryl/α,β-unsaturated/α-hetero) is 1. The molecule has 9 heteroatoms. The highest BCUT2D eigenvalue weighted by Gasteiger charge is 2.14. The van der Waals surface area contributed by atoms with Crippen molar-refractivity contribution >= 4 is 40.7 Å². The van der Waals surface area contributed by atoms with E-state index in [9.17, 15) is 9.59 Å². The first-order chi connectivity index (χ1) is 15.3. The normalized spacial score (nSPS) is 10.8. The number of hydrogen-bond donors (Lipinski definition) is 1. The Balaban J connectivity index is 1.60. The maximum absolute atomic E-state index is 12.4. The number of carbonyl (C=O) groups excluding carboxylic acids is 2. The average Bonchev–Trinajstić information content (AvgIpc) is 3.16. The zero-order chi connectivity index (χ0) is 23.3. The number of amides is 1. The number of nitrogens with one attached hydrogen (secondary N) is 1. The van der Waals surface area contributed by atoms with E-state index in [1.807, 2.05) is 37.5 Å². The van der Waals surface area contributed by atoms with Gasteiger partial charge in [-0.25, -0.2) is 0 Å². The molecular weight excluding hydrogens is 448 g/mol. The molecule has 0 fully saturated rings. The van der Waals surface area contributed by atoms with Crippen LogP contribution < -0.4 is 10.1 Å². The molecular formula is C23H25ClN4O3S. The van der Waals surface area contributed by atoms with Crippen LogP contribution in [0.2, 0.25) is 5.02 Å². The Hall–Kier alpha value is -2.84. The van der Waals surface area contributed by atoms with E-state index in [2.05, 4.69) is 15.5 Å². The second kappa shape index (κ2) is 10.7. The largest absolute Gasteiger partial charge is 0.486 e. The summed E-state index contributed by atoms with van der Waals surface area (Å²) in [5.41, 5.74) is 3.05. The Kier molecular flexibility index (Phi) is 7.93. The fourth-order valence-corrected chi connectivity index (χ4v) is 4.06. The van der Waals surface area contributed by atoms with Crippen LogP contribution in [0.3, 0.4) is 0 Å². The van der Waals surface area contributed by atoms with Crippen molar-refractivity contribution in [2.45, 2.75) is 46.0 Å². The van der Waals surface area contributed by atoms with Crippen molar-refractivity contribution in [2.24, 2.45) is 0 Å². The fraction of sp³-hybridized carbons (Fsp3) is 0.304. The number of halogens is 1. The van der Waals surface area contributed by atoms with Crippen LogP contribution in [0.15, 0.2) is 41.6 Å². The molecule has 0 saturated heterocycles. The van der Waals surface area contributed by atoms with Gasteiger partial charge in [-0.15, -0.1) is 10.2 Å². The van der Waals surface area contributed by atoms with Gasteiger partial charge in [0.1, 0.15) is 12.4 Å². The number of thioether (sulfide) groups is 1. The molecule has 0 saturated carbocycles. The van der Waals surface area contributed by atoms with Crippen LogP contribution in [-0.2, 0) is 17.9 Å². The lowest BCUT2D eigenvalue weighted by molar-refractivity contribution is -0.113. The summed E-state index contributed by atoms with van der Waals surface area (Å²) in [5, 5.41) is 12.6. The van der Waals surface area contributed by atoms with Crippen molar-refractivity contribution in [1.29, 1.82) is 0 Å². The highest BCUT2D eigenvalue weighted by molar-refractivity contribution is 7.99. The van der Waals surface area contributed by atoms with Gasteiger partial charge >= 0.3 is 0 Å². The Labute approximate surface area is 196 Å². The summed E-state index contributed by atoms with van der Waals surface area (Å²) in [6.07, 6.45) is 0. The minimum atomic E-state index is -0.189. The van der Waals surface area contributed by atoms with E-state index in [0.717, 1.165) is 21.9 Å². The quantitative estimate of drug-likeness (QED) is 0.345. The SMILES string of the molecule is CCn1c(COc2cc(C)c(Cl)c(C)c2)nnc1SCC(=O)Nc1cccc(C(C)=O)c1. The summed E-state index contributed by atoms with van der Waals surface area (Å²) in [7, 11) is 0. The van der Waals surface area contributed by atoms with Gasteiger partial charge in [0.2, 0.25) is 5.91 Å². The lowest BCUT2D eigenvalue weighted by Gasteiger charge is -2.11. The van der Waals surface area contributed by atoms with E-state index >= 15 is 0 Å². The number of ketones is 1. The van der Waals surface area contributed by atoms with Crippen LogP contribution in [0, 0.1) is 13.8 Å². The van der Waals surface area contributed by atoms with Gasteiger partial charge in [-0.2, -0.15) is 0 Å². The van der Waals surface area contributed by atoms with Gasteiger partial charge in [-0.3, -0.25) is 9.59 Å². The van der Waals surface area contributed by atoms with Crippen molar-refractivity contribution in [3.8, 4) is 5.75 Å². The summed E-state index contributed by atoms with van der Waals surface area (Å²) >= 11 is 7.51.